The Morgan fingerprint density at radius 2 is 1.12 bits per heavy atom. The molecular formula is C24H38O9. The first kappa shape index (κ1) is 29.0. The summed E-state index contributed by atoms with van der Waals surface area (Å²) in [4.78, 5) is 22.1. The summed E-state index contributed by atoms with van der Waals surface area (Å²) in [5.41, 5.74) is 0.147. The summed E-state index contributed by atoms with van der Waals surface area (Å²) < 4.78 is 37.7. The zero-order valence-electron chi connectivity index (χ0n) is 20.0. The topological polar surface area (TPSA) is 98.8 Å². The maximum Gasteiger partial charge on any atom is 0.308 e. The van der Waals surface area contributed by atoms with Gasteiger partial charge in [-0.15, -0.1) is 0 Å². The van der Waals surface area contributed by atoms with Gasteiger partial charge in [0.25, 0.3) is 0 Å². The van der Waals surface area contributed by atoms with E-state index in [2.05, 4.69) is 0 Å². The van der Waals surface area contributed by atoms with Crippen LogP contribution in [0.15, 0.2) is 24.3 Å². The minimum Gasteiger partial charge on any atom is -0.491 e. The van der Waals surface area contributed by atoms with Gasteiger partial charge in [-0.3, -0.25) is 9.59 Å². The van der Waals surface area contributed by atoms with E-state index in [-0.39, 0.29) is 12.4 Å². The summed E-state index contributed by atoms with van der Waals surface area (Å²) in [5, 5.41) is 0. The Morgan fingerprint density at radius 3 is 1.55 bits per heavy atom. The van der Waals surface area contributed by atoms with Crippen LogP contribution in [-0.2, 0) is 33.2 Å². The van der Waals surface area contributed by atoms with E-state index in [1.807, 2.05) is 20.8 Å². The quantitative estimate of drug-likeness (QED) is 0.162. The van der Waals surface area contributed by atoms with E-state index < -0.39 is 5.60 Å². The van der Waals surface area contributed by atoms with Crippen molar-refractivity contribution in [3.63, 3.8) is 0 Å². The van der Waals surface area contributed by atoms with Gasteiger partial charge in [-0.25, -0.2) is 0 Å². The number of ether oxygens (including phenoxy) is 7. The SMILES string of the molecule is CC(C)(C)OC(=O)CCOCCOCCOCCOCCOCCOc1ccc(C=O)cc1. The van der Waals surface area contributed by atoms with Crippen molar-refractivity contribution in [2.45, 2.75) is 32.8 Å². The number of carbonyl (C=O) groups excluding carboxylic acids is 2. The highest BCUT2D eigenvalue weighted by atomic mass is 16.6. The van der Waals surface area contributed by atoms with E-state index in [0.29, 0.717) is 84.0 Å². The lowest BCUT2D eigenvalue weighted by molar-refractivity contribution is -0.156. The van der Waals surface area contributed by atoms with Crippen molar-refractivity contribution in [1.82, 2.24) is 0 Å². The molecule has 0 amide bonds. The maximum absolute atomic E-state index is 11.5. The predicted octanol–water partition coefficient (Wildman–Crippen LogP) is 2.69. The molecule has 33 heavy (non-hydrogen) atoms. The molecule has 0 unspecified atom stereocenters. The summed E-state index contributed by atoms with van der Waals surface area (Å²) in [5.74, 6) is 0.436. The molecule has 9 heteroatoms. The van der Waals surface area contributed by atoms with E-state index in [4.69, 9.17) is 33.2 Å². The van der Waals surface area contributed by atoms with Crippen molar-refractivity contribution in [2.24, 2.45) is 0 Å². The molecule has 9 nitrogen and oxygen atoms in total. The summed E-state index contributed by atoms with van der Waals surface area (Å²) >= 11 is 0. The van der Waals surface area contributed by atoms with Gasteiger partial charge in [0.1, 0.15) is 24.2 Å². The predicted molar refractivity (Wildman–Crippen MR) is 122 cm³/mol. The van der Waals surface area contributed by atoms with E-state index >= 15 is 0 Å². The van der Waals surface area contributed by atoms with Crippen LogP contribution in [0.5, 0.6) is 5.75 Å². The van der Waals surface area contributed by atoms with Crippen molar-refractivity contribution in [3.8, 4) is 5.75 Å². The number of carbonyl (C=O) groups is 2. The molecule has 0 radical (unpaired) electrons. The number of esters is 1. The molecule has 0 saturated carbocycles. The number of hydrogen-bond acceptors (Lipinski definition) is 9. The number of benzene rings is 1. The highest BCUT2D eigenvalue weighted by Gasteiger charge is 2.15. The molecule has 0 aliphatic rings. The fourth-order valence-electron chi connectivity index (χ4n) is 2.39. The first-order chi connectivity index (χ1) is 15.9. The molecular weight excluding hydrogens is 432 g/mol. The first-order valence-corrected chi connectivity index (χ1v) is 11.2. The van der Waals surface area contributed by atoms with E-state index in [1.54, 1.807) is 24.3 Å². The van der Waals surface area contributed by atoms with Crippen LogP contribution in [0, 0.1) is 0 Å². The Morgan fingerprint density at radius 1 is 0.697 bits per heavy atom. The number of aldehydes is 1. The molecule has 1 rings (SSSR count). The Balaban J connectivity index is 1.76. The fraction of sp³-hybridized carbons (Fsp3) is 0.667. The van der Waals surface area contributed by atoms with Gasteiger partial charge in [0.15, 0.2) is 0 Å². The van der Waals surface area contributed by atoms with Crippen molar-refractivity contribution in [1.29, 1.82) is 0 Å². The molecule has 0 spiro atoms. The van der Waals surface area contributed by atoms with Crippen LogP contribution in [0.4, 0.5) is 0 Å². The molecule has 0 fully saturated rings. The van der Waals surface area contributed by atoms with Crippen LogP contribution >= 0.6 is 0 Å². The van der Waals surface area contributed by atoms with Gasteiger partial charge in [-0.1, -0.05) is 0 Å². The van der Waals surface area contributed by atoms with Crippen molar-refractivity contribution < 1.29 is 42.7 Å². The molecule has 0 atom stereocenters. The minimum absolute atomic E-state index is 0.233. The highest BCUT2D eigenvalue weighted by Crippen LogP contribution is 2.10. The lowest BCUT2D eigenvalue weighted by Gasteiger charge is -2.19. The average Bonchev–Trinajstić information content (AvgIpc) is 2.77. The Hall–Kier alpha value is -2.04. The van der Waals surface area contributed by atoms with Crippen LogP contribution in [-0.4, -0.2) is 90.5 Å². The lowest BCUT2D eigenvalue weighted by Crippen LogP contribution is -2.24. The van der Waals surface area contributed by atoms with Crippen LogP contribution in [0.25, 0.3) is 0 Å². The van der Waals surface area contributed by atoms with Crippen molar-refractivity contribution >= 4 is 12.3 Å². The molecule has 0 bridgehead atoms. The van der Waals surface area contributed by atoms with Gasteiger partial charge in [0, 0.05) is 5.56 Å². The second-order valence-electron chi connectivity index (χ2n) is 7.93. The summed E-state index contributed by atoms with van der Waals surface area (Å²) in [6, 6.07) is 6.91. The van der Waals surface area contributed by atoms with Crippen LogP contribution in [0.1, 0.15) is 37.6 Å². The Labute approximate surface area is 196 Å². The fourth-order valence-corrected chi connectivity index (χ4v) is 2.39. The van der Waals surface area contributed by atoms with Gasteiger partial charge in [-0.05, 0) is 45.0 Å². The lowest BCUT2D eigenvalue weighted by atomic mass is 10.2. The van der Waals surface area contributed by atoms with E-state index in [1.165, 1.54) is 0 Å². The first-order valence-electron chi connectivity index (χ1n) is 11.2. The third-order valence-corrected chi connectivity index (χ3v) is 3.87. The zero-order valence-corrected chi connectivity index (χ0v) is 20.0. The number of hydrogen-bond donors (Lipinski definition) is 0. The second kappa shape index (κ2) is 18.4. The molecule has 0 aliphatic heterocycles. The van der Waals surface area contributed by atoms with E-state index in [0.717, 1.165) is 6.29 Å². The molecule has 0 N–H and O–H groups in total. The van der Waals surface area contributed by atoms with Gasteiger partial charge in [0.05, 0.1) is 72.5 Å². The summed E-state index contributed by atoms with van der Waals surface area (Å²) in [6.45, 7) is 10.4. The minimum atomic E-state index is -0.470. The van der Waals surface area contributed by atoms with Gasteiger partial charge in [0.2, 0.25) is 0 Å². The van der Waals surface area contributed by atoms with E-state index in [9.17, 15) is 9.59 Å². The van der Waals surface area contributed by atoms with Gasteiger partial charge in [-0.2, -0.15) is 0 Å². The van der Waals surface area contributed by atoms with Crippen LogP contribution in [0.3, 0.4) is 0 Å². The summed E-state index contributed by atoms with van der Waals surface area (Å²) in [7, 11) is 0. The van der Waals surface area contributed by atoms with Crippen LogP contribution in [0.2, 0.25) is 0 Å². The largest absolute Gasteiger partial charge is 0.491 e. The summed E-state index contributed by atoms with van der Waals surface area (Å²) in [6.07, 6.45) is 1.03. The highest BCUT2D eigenvalue weighted by molar-refractivity contribution is 5.74. The Bertz CT molecular complexity index is 626. The molecule has 1 aromatic carbocycles. The van der Waals surface area contributed by atoms with Crippen molar-refractivity contribution in [2.75, 3.05) is 72.7 Å². The molecule has 0 aromatic heterocycles. The normalized spacial score (nSPS) is 11.4. The van der Waals surface area contributed by atoms with Gasteiger partial charge < -0.3 is 33.2 Å². The monoisotopic (exact) mass is 470 g/mol. The van der Waals surface area contributed by atoms with Gasteiger partial charge >= 0.3 is 5.97 Å². The van der Waals surface area contributed by atoms with Crippen molar-refractivity contribution in [3.05, 3.63) is 29.8 Å². The number of rotatable bonds is 20. The Kier molecular flexibility index (Phi) is 16.2. The second-order valence-corrected chi connectivity index (χ2v) is 7.93. The third kappa shape index (κ3) is 18.1. The van der Waals surface area contributed by atoms with Crippen LogP contribution < -0.4 is 4.74 Å². The molecule has 0 saturated heterocycles. The maximum atomic E-state index is 11.5. The molecule has 188 valence electrons. The smallest absolute Gasteiger partial charge is 0.308 e. The third-order valence-electron chi connectivity index (χ3n) is 3.87. The molecule has 0 heterocycles. The zero-order chi connectivity index (χ0) is 24.2. The molecule has 0 aliphatic carbocycles. The standard InChI is InChI=1S/C24H38O9/c1-24(2,3)33-23(26)8-9-27-10-11-28-12-13-29-14-15-30-16-17-31-18-19-32-22-6-4-21(20-25)5-7-22/h4-7,20H,8-19H2,1-3H3. The molecule has 1 aromatic rings. The average molecular weight is 471 g/mol.